The Bertz CT molecular complexity index is 644. The van der Waals surface area contributed by atoms with E-state index in [2.05, 4.69) is 0 Å². The zero-order valence-corrected chi connectivity index (χ0v) is 11.8. The Morgan fingerprint density at radius 1 is 1.15 bits per heavy atom. The Labute approximate surface area is 125 Å². The summed E-state index contributed by atoms with van der Waals surface area (Å²) in [7, 11) is 0. The van der Waals surface area contributed by atoms with Gasteiger partial charge in [0.05, 0.1) is 10.9 Å². The van der Waals surface area contributed by atoms with E-state index < -0.39 is 17.7 Å². The predicted molar refractivity (Wildman–Crippen MR) is 76.9 cm³/mol. The van der Waals surface area contributed by atoms with Gasteiger partial charge in [-0.1, -0.05) is 53.5 Å². The summed E-state index contributed by atoms with van der Waals surface area (Å²) >= 11 is 11.9. The van der Waals surface area contributed by atoms with Crippen LogP contribution in [0.3, 0.4) is 0 Å². The highest BCUT2D eigenvalue weighted by atomic mass is 35.5. The Hall–Kier alpha value is -1.58. The zero-order chi connectivity index (χ0) is 14.7. The van der Waals surface area contributed by atoms with Crippen molar-refractivity contribution in [3.63, 3.8) is 0 Å². The van der Waals surface area contributed by atoms with Crippen molar-refractivity contribution in [2.45, 2.75) is 12.3 Å². The molecule has 0 aliphatic rings. The molecule has 1 N–H and O–H groups in total. The zero-order valence-electron chi connectivity index (χ0n) is 10.3. The Balaban J connectivity index is 2.39. The third kappa shape index (κ3) is 3.11. The average molecular weight is 313 g/mol. The number of hydrogen-bond acceptors (Lipinski definition) is 1. The first-order valence-electron chi connectivity index (χ1n) is 5.91. The Kier molecular flexibility index (Phi) is 4.63. The quantitative estimate of drug-likeness (QED) is 0.899. The van der Waals surface area contributed by atoms with Crippen molar-refractivity contribution < 1.29 is 14.3 Å². The van der Waals surface area contributed by atoms with Crippen LogP contribution in [0.2, 0.25) is 10.0 Å². The standard InChI is InChI=1S/C15H11Cl2FO2/c16-12-6-2-1-5-10(12)11(15(19)20)8-9-4-3-7-13(18)14(9)17/h1-7,11H,8H2,(H,19,20). The molecule has 0 heterocycles. The highest BCUT2D eigenvalue weighted by molar-refractivity contribution is 6.32. The first-order chi connectivity index (χ1) is 9.50. The molecule has 20 heavy (non-hydrogen) atoms. The van der Waals surface area contributed by atoms with E-state index in [1.165, 1.54) is 12.1 Å². The van der Waals surface area contributed by atoms with Crippen molar-refractivity contribution in [1.82, 2.24) is 0 Å². The van der Waals surface area contributed by atoms with Gasteiger partial charge in [-0.25, -0.2) is 4.39 Å². The van der Waals surface area contributed by atoms with Gasteiger partial charge in [-0.15, -0.1) is 0 Å². The molecule has 2 nitrogen and oxygen atoms in total. The summed E-state index contributed by atoms with van der Waals surface area (Å²) in [5.74, 6) is -2.46. The van der Waals surface area contributed by atoms with Crippen LogP contribution in [0.25, 0.3) is 0 Å². The van der Waals surface area contributed by atoms with Crippen molar-refractivity contribution in [3.05, 3.63) is 69.5 Å². The molecule has 0 spiro atoms. The highest BCUT2D eigenvalue weighted by Crippen LogP contribution is 2.30. The lowest BCUT2D eigenvalue weighted by atomic mass is 9.92. The van der Waals surface area contributed by atoms with Crippen LogP contribution in [0.15, 0.2) is 42.5 Å². The summed E-state index contributed by atoms with van der Waals surface area (Å²) < 4.78 is 13.4. The summed E-state index contributed by atoms with van der Waals surface area (Å²) in [5, 5.41) is 9.69. The van der Waals surface area contributed by atoms with E-state index >= 15 is 0 Å². The smallest absolute Gasteiger partial charge is 0.311 e. The second-order valence-electron chi connectivity index (χ2n) is 4.33. The van der Waals surface area contributed by atoms with E-state index in [9.17, 15) is 14.3 Å². The number of hydrogen-bond donors (Lipinski definition) is 1. The highest BCUT2D eigenvalue weighted by Gasteiger charge is 2.24. The second kappa shape index (κ2) is 6.25. The van der Waals surface area contributed by atoms with Gasteiger partial charge in [0.15, 0.2) is 0 Å². The molecule has 2 rings (SSSR count). The minimum atomic E-state index is -1.03. The molecular weight excluding hydrogens is 302 g/mol. The van der Waals surface area contributed by atoms with Gasteiger partial charge >= 0.3 is 5.97 Å². The third-order valence-electron chi connectivity index (χ3n) is 3.03. The van der Waals surface area contributed by atoms with Gasteiger partial charge in [-0.05, 0) is 29.7 Å². The largest absolute Gasteiger partial charge is 0.481 e. The van der Waals surface area contributed by atoms with Crippen LogP contribution in [0.1, 0.15) is 17.0 Å². The van der Waals surface area contributed by atoms with Crippen molar-refractivity contribution >= 4 is 29.2 Å². The molecule has 1 atom stereocenters. The SMILES string of the molecule is O=C(O)C(Cc1cccc(F)c1Cl)c1ccccc1Cl. The van der Waals surface area contributed by atoms with E-state index in [4.69, 9.17) is 23.2 Å². The average Bonchev–Trinajstić information content (AvgIpc) is 2.41. The fraction of sp³-hybridized carbons (Fsp3) is 0.133. The van der Waals surface area contributed by atoms with Crippen molar-refractivity contribution in [2.75, 3.05) is 0 Å². The van der Waals surface area contributed by atoms with Crippen LogP contribution in [0, 0.1) is 5.82 Å². The fourth-order valence-electron chi connectivity index (χ4n) is 2.01. The van der Waals surface area contributed by atoms with Gasteiger partial charge in [0.1, 0.15) is 5.82 Å². The molecule has 1 unspecified atom stereocenters. The minimum absolute atomic E-state index is 0.0502. The van der Waals surface area contributed by atoms with Crippen LogP contribution >= 0.6 is 23.2 Å². The third-order valence-corrected chi connectivity index (χ3v) is 3.80. The lowest BCUT2D eigenvalue weighted by molar-refractivity contribution is -0.138. The normalized spacial score (nSPS) is 12.2. The first kappa shape index (κ1) is 14.8. The molecule has 0 saturated heterocycles. The van der Waals surface area contributed by atoms with Crippen molar-refractivity contribution in [2.24, 2.45) is 0 Å². The Morgan fingerprint density at radius 2 is 1.85 bits per heavy atom. The molecule has 2 aromatic carbocycles. The lowest BCUT2D eigenvalue weighted by Gasteiger charge is -2.15. The van der Waals surface area contributed by atoms with Crippen molar-refractivity contribution in [3.8, 4) is 0 Å². The molecule has 0 amide bonds. The maximum atomic E-state index is 13.4. The monoisotopic (exact) mass is 312 g/mol. The van der Waals surface area contributed by atoms with Gasteiger partial charge < -0.3 is 5.11 Å². The Morgan fingerprint density at radius 3 is 2.50 bits per heavy atom. The van der Waals surface area contributed by atoms with Crippen LogP contribution in [0.5, 0.6) is 0 Å². The van der Waals surface area contributed by atoms with Crippen LogP contribution in [-0.4, -0.2) is 11.1 Å². The van der Waals surface area contributed by atoms with Gasteiger partial charge in [0, 0.05) is 5.02 Å². The second-order valence-corrected chi connectivity index (χ2v) is 5.11. The van der Waals surface area contributed by atoms with Gasteiger partial charge in [0.25, 0.3) is 0 Å². The van der Waals surface area contributed by atoms with Crippen LogP contribution in [-0.2, 0) is 11.2 Å². The molecule has 0 aliphatic carbocycles. The molecule has 0 saturated carbocycles. The minimum Gasteiger partial charge on any atom is -0.481 e. The van der Waals surface area contributed by atoms with Gasteiger partial charge in [0.2, 0.25) is 0 Å². The topological polar surface area (TPSA) is 37.3 Å². The van der Waals surface area contributed by atoms with Crippen LogP contribution in [0.4, 0.5) is 4.39 Å². The molecular formula is C15H11Cl2FO2. The molecule has 0 aromatic heterocycles. The number of carbonyl (C=O) groups is 1. The number of carboxylic acid groups (broad SMARTS) is 1. The van der Waals surface area contributed by atoms with Gasteiger partial charge in [-0.2, -0.15) is 0 Å². The fourth-order valence-corrected chi connectivity index (χ4v) is 2.48. The molecule has 0 aliphatic heterocycles. The maximum absolute atomic E-state index is 13.4. The first-order valence-corrected chi connectivity index (χ1v) is 6.66. The summed E-state index contributed by atoms with van der Waals surface area (Å²) in [6.07, 6.45) is 0.0790. The summed E-state index contributed by atoms with van der Waals surface area (Å²) in [4.78, 5) is 11.5. The van der Waals surface area contributed by atoms with Gasteiger partial charge in [-0.3, -0.25) is 4.79 Å². The summed E-state index contributed by atoms with van der Waals surface area (Å²) in [5.41, 5.74) is 0.931. The van der Waals surface area contributed by atoms with E-state index in [-0.39, 0.29) is 11.4 Å². The number of aliphatic carboxylic acids is 1. The predicted octanol–water partition coefficient (Wildman–Crippen LogP) is 4.54. The number of rotatable bonds is 4. The van der Waals surface area contributed by atoms with E-state index in [0.29, 0.717) is 16.1 Å². The van der Waals surface area contributed by atoms with Crippen molar-refractivity contribution in [1.29, 1.82) is 0 Å². The number of carboxylic acids is 1. The lowest BCUT2D eigenvalue weighted by Crippen LogP contribution is -2.15. The molecule has 2 aromatic rings. The molecule has 0 bridgehead atoms. The van der Waals surface area contributed by atoms with E-state index in [0.717, 1.165) is 0 Å². The number of halogens is 3. The van der Waals surface area contributed by atoms with Crippen LogP contribution < -0.4 is 0 Å². The van der Waals surface area contributed by atoms with E-state index in [1.807, 2.05) is 0 Å². The van der Waals surface area contributed by atoms with E-state index in [1.54, 1.807) is 30.3 Å². The maximum Gasteiger partial charge on any atom is 0.311 e. The molecule has 104 valence electrons. The number of benzene rings is 2. The molecule has 0 radical (unpaired) electrons. The molecule has 0 fully saturated rings. The summed E-state index contributed by atoms with van der Waals surface area (Å²) in [6, 6.07) is 11.1. The molecule has 5 heteroatoms. The summed E-state index contributed by atoms with van der Waals surface area (Å²) in [6.45, 7) is 0.